The average molecular weight is 540 g/mol. The van der Waals surface area contributed by atoms with Crippen molar-refractivity contribution < 1.29 is 28.8 Å². The molecule has 2 aromatic carbocycles. The van der Waals surface area contributed by atoms with E-state index in [0.717, 1.165) is 16.8 Å². The molecule has 0 saturated carbocycles. The Morgan fingerprint density at radius 1 is 1.13 bits per heavy atom. The zero-order valence-corrected chi connectivity index (χ0v) is 21.8. The first-order valence-corrected chi connectivity index (χ1v) is 12.2. The Kier molecular flexibility index (Phi) is 7.32. The summed E-state index contributed by atoms with van der Waals surface area (Å²) in [4.78, 5) is 11.3. The molecular formula is C26H26ClN5O6. The number of hydrogen-bond acceptors (Lipinski definition) is 8. The first-order chi connectivity index (χ1) is 18.4. The van der Waals surface area contributed by atoms with Gasteiger partial charge in [-0.1, -0.05) is 23.7 Å². The van der Waals surface area contributed by atoms with Crippen molar-refractivity contribution in [1.29, 1.82) is 0 Å². The Hall–Kier alpha value is -3.93. The van der Waals surface area contributed by atoms with Gasteiger partial charge in [-0.05, 0) is 24.3 Å². The second-order valence-corrected chi connectivity index (χ2v) is 9.06. The molecule has 2 aromatic heterocycles. The number of halogens is 1. The molecule has 1 aliphatic heterocycles. The van der Waals surface area contributed by atoms with Crippen molar-refractivity contribution in [2.75, 3.05) is 21.3 Å². The summed E-state index contributed by atoms with van der Waals surface area (Å²) in [6.07, 6.45) is 2.06. The summed E-state index contributed by atoms with van der Waals surface area (Å²) in [5.41, 5.74) is 2.45. The summed E-state index contributed by atoms with van der Waals surface area (Å²) in [5.74, 6) is 1.25. The molecule has 0 radical (unpaired) electrons. The number of hydrogen-bond donors (Lipinski definition) is 1. The summed E-state index contributed by atoms with van der Waals surface area (Å²) < 4.78 is 27.0. The predicted octanol–water partition coefficient (Wildman–Crippen LogP) is 4.23. The number of carboxylic acid groups (broad SMARTS) is 1. The van der Waals surface area contributed by atoms with Crippen LogP contribution in [-0.4, -0.2) is 57.0 Å². The lowest BCUT2D eigenvalue weighted by Gasteiger charge is -2.25. The SMILES string of the molecule is COCc1nnc2n1-c1ccc(Cl)cc1[C@@H](c1cccc(OC)c1OC)O[C@@H]2CCn1cc(C(=O)O)cn1. The van der Waals surface area contributed by atoms with Crippen LogP contribution in [0.15, 0.2) is 48.8 Å². The molecule has 11 nitrogen and oxygen atoms in total. The number of aryl methyl sites for hydroxylation is 1. The van der Waals surface area contributed by atoms with Gasteiger partial charge in [-0.2, -0.15) is 5.10 Å². The van der Waals surface area contributed by atoms with Crippen LogP contribution in [-0.2, 0) is 22.6 Å². The van der Waals surface area contributed by atoms with Gasteiger partial charge in [-0.25, -0.2) is 4.79 Å². The number of benzene rings is 2. The Morgan fingerprint density at radius 3 is 2.68 bits per heavy atom. The molecule has 0 saturated heterocycles. The highest BCUT2D eigenvalue weighted by molar-refractivity contribution is 6.30. The third-order valence-corrected chi connectivity index (χ3v) is 6.58. The normalized spacial score (nSPS) is 16.4. The van der Waals surface area contributed by atoms with E-state index in [1.807, 2.05) is 34.9 Å². The van der Waals surface area contributed by atoms with Gasteiger partial charge in [0, 0.05) is 42.4 Å². The van der Waals surface area contributed by atoms with Gasteiger partial charge < -0.3 is 24.1 Å². The first kappa shape index (κ1) is 25.7. The van der Waals surface area contributed by atoms with E-state index in [0.29, 0.717) is 41.1 Å². The lowest BCUT2D eigenvalue weighted by atomic mass is 9.98. The van der Waals surface area contributed by atoms with Crippen molar-refractivity contribution in [1.82, 2.24) is 24.5 Å². The highest BCUT2D eigenvalue weighted by Crippen LogP contribution is 2.46. The van der Waals surface area contributed by atoms with Crippen LogP contribution in [0.4, 0.5) is 0 Å². The minimum absolute atomic E-state index is 0.110. The van der Waals surface area contributed by atoms with Crippen LogP contribution < -0.4 is 9.47 Å². The molecule has 3 heterocycles. The highest BCUT2D eigenvalue weighted by atomic mass is 35.5. The molecule has 0 amide bonds. The van der Waals surface area contributed by atoms with E-state index in [9.17, 15) is 9.90 Å². The fourth-order valence-electron chi connectivity index (χ4n) is 4.66. The van der Waals surface area contributed by atoms with E-state index in [1.165, 1.54) is 12.4 Å². The fraction of sp³-hybridized carbons (Fsp3) is 0.308. The molecule has 0 unspecified atom stereocenters. The van der Waals surface area contributed by atoms with E-state index in [1.54, 1.807) is 32.1 Å². The predicted molar refractivity (Wildman–Crippen MR) is 136 cm³/mol. The summed E-state index contributed by atoms with van der Waals surface area (Å²) in [6, 6.07) is 11.2. The second kappa shape index (κ2) is 10.8. The van der Waals surface area contributed by atoms with Crippen LogP contribution in [0.2, 0.25) is 5.02 Å². The van der Waals surface area contributed by atoms with Crippen LogP contribution in [0, 0.1) is 0 Å². The quantitative estimate of drug-likeness (QED) is 0.333. The van der Waals surface area contributed by atoms with Gasteiger partial charge in [0.25, 0.3) is 0 Å². The lowest BCUT2D eigenvalue weighted by molar-refractivity contribution is -0.00441. The first-order valence-electron chi connectivity index (χ1n) is 11.8. The molecule has 198 valence electrons. The number of aromatic nitrogens is 5. The number of ether oxygens (including phenoxy) is 4. The van der Waals surface area contributed by atoms with Gasteiger partial charge in [0.2, 0.25) is 0 Å². The molecule has 0 fully saturated rings. The van der Waals surface area contributed by atoms with Crippen molar-refractivity contribution in [2.24, 2.45) is 0 Å². The van der Waals surface area contributed by atoms with Crippen LogP contribution >= 0.6 is 11.6 Å². The number of carboxylic acids is 1. The van der Waals surface area contributed by atoms with Crippen molar-refractivity contribution in [2.45, 2.75) is 31.8 Å². The topological polar surface area (TPSA) is 123 Å². The molecule has 0 bridgehead atoms. The van der Waals surface area contributed by atoms with Gasteiger partial charge >= 0.3 is 5.97 Å². The maximum Gasteiger partial charge on any atom is 0.338 e. The molecule has 12 heteroatoms. The maximum absolute atomic E-state index is 11.3. The summed E-state index contributed by atoms with van der Waals surface area (Å²) in [5, 5.41) is 22.8. The number of methoxy groups -OCH3 is 3. The molecule has 1 aliphatic rings. The fourth-order valence-corrected chi connectivity index (χ4v) is 4.84. The highest BCUT2D eigenvalue weighted by Gasteiger charge is 2.35. The van der Waals surface area contributed by atoms with Crippen molar-refractivity contribution in [3.63, 3.8) is 0 Å². The molecule has 5 rings (SSSR count). The number of carbonyl (C=O) groups is 1. The van der Waals surface area contributed by atoms with Crippen molar-refractivity contribution in [3.05, 3.63) is 82.2 Å². The summed E-state index contributed by atoms with van der Waals surface area (Å²) in [6.45, 7) is 0.611. The molecule has 4 aromatic rings. The van der Waals surface area contributed by atoms with E-state index in [4.69, 9.17) is 30.5 Å². The Morgan fingerprint density at radius 2 is 1.97 bits per heavy atom. The van der Waals surface area contributed by atoms with Gasteiger partial charge in [0.15, 0.2) is 23.1 Å². The maximum atomic E-state index is 11.3. The van der Waals surface area contributed by atoms with E-state index in [-0.39, 0.29) is 12.2 Å². The zero-order valence-electron chi connectivity index (χ0n) is 21.0. The molecule has 0 spiro atoms. The van der Waals surface area contributed by atoms with Crippen molar-refractivity contribution >= 4 is 17.6 Å². The number of fused-ring (bicyclic) bond motifs is 3. The van der Waals surface area contributed by atoms with E-state index < -0.39 is 18.2 Å². The Balaban J connectivity index is 1.64. The molecule has 0 aliphatic carbocycles. The Labute approximate surface area is 223 Å². The standard InChI is InChI=1S/C26H26ClN5O6/c1-35-14-22-29-30-25-21(9-10-31-13-15(12-28-31)26(33)34)38-23(17-5-4-6-20(36-2)24(17)37-3)18-11-16(27)7-8-19(18)32(22)25/h4-8,11-13,21,23H,9-10,14H2,1-3H3,(H,33,34)/t21-,23-/m1/s1. The summed E-state index contributed by atoms with van der Waals surface area (Å²) in [7, 11) is 4.76. The van der Waals surface area contributed by atoms with Gasteiger partial charge in [-0.3, -0.25) is 9.25 Å². The largest absolute Gasteiger partial charge is 0.493 e. The molecular weight excluding hydrogens is 514 g/mol. The zero-order chi connectivity index (χ0) is 26.8. The number of rotatable bonds is 9. The third kappa shape index (κ3) is 4.71. The monoisotopic (exact) mass is 539 g/mol. The van der Waals surface area contributed by atoms with Crippen molar-refractivity contribution in [3.8, 4) is 17.2 Å². The Bertz CT molecular complexity index is 1470. The summed E-state index contributed by atoms with van der Waals surface area (Å²) >= 11 is 6.49. The molecule has 38 heavy (non-hydrogen) atoms. The smallest absolute Gasteiger partial charge is 0.338 e. The number of aromatic carboxylic acids is 1. The van der Waals surface area contributed by atoms with Gasteiger partial charge in [-0.15, -0.1) is 10.2 Å². The average Bonchev–Trinajstić information content (AvgIpc) is 3.54. The minimum Gasteiger partial charge on any atom is -0.493 e. The van der Waals surface area contributed by atoms with Crippen LogP contribution in [0.3, 0.4) is 0 Å². The third-order valence-electron chi connectivity index (χ3n) is 6.35. The van der Waals surface area contributed by atoms with Crippen LogP contribution in [0.5, 0.6) is 11.5 Å². The second-order valence-electron chi connectivity index (χ2n) is 8.62. The van der Waals surface area contributed by atoms with Crippen LogP contribution in [0.25, 0.3) is 5.69 Å². The van der Waals surface area contributed by atoms with E-state index >= 15 is 0 Å². The van der Waals surface area contributed by atoms with E-state index in [2.05, 4.69) is 15.3 Å². The minimum atomic E-state index is -1.04. The number of nitrogens with zero attached hydrogens (tertiary/aromatic N) is 5. The lowest BCUT2D eigenvalue weighted by Crippen LogP contribution is -2.15. The van der Waals surface area contributed by atoms with Crippen LogP contribution in [0.1, 0.15) is 51.8 Å². The van der Waals surface area contributed by atoms with Gasteiger partial charge in [0.05, 0.1) is 31.7 Å². The molecule has 2 atom stereocenters. The molecule has 1 N–H and O–H groups in total. The number of para-hydroxylation sites is 1. The van der Waals surface area contributed by atoms with Gasteiger partial charge in [0.1, 0.15) is 18.8 Å².